The number of aliphatic imine (C=N–C) groups is 1. The second-order valence-corrected chi connectivity index (χ2v) is 4.90. The minimum Gasteiger partial charge on any atom is -0.312 e. The van der Waals surface area contributed by atoms with Crippen molar-refractivity contribution in [3.63, 3.8) is 0 Å². The van der Waals surface area contributed by atoms with E-state index in [0.717, 1.165) is 18.9 Å². The molecule has 1 fully saturated rings. The van der Waals surface area contributed by atoms with Crippen molar-refractivity contribution in [1.82, 2.24) is 5.43 Å². The van der Waals surface area contributed by atoms with Gasteiger partial charge >= 0.3 is 0 Å². The fourth-order valence-corrected chi connectivity index (χ4v) is 2.43. The molecule has 0 heterocycles. The molecule has 1 aromatic carbocycles. The monoisotopic (exact) mass is 267 g/mol. The average Bonchev–Trinajstić information content (AvgIpc) is 2.44. The topological polar surface area (TPSA) is 50.4 Å². The van der Waals surface area contributed by atoms with Gasteiger partial charge in [0.1, 0.15) is 5.84 Å². The molecule has 1 aliphatic rings. The van der Waals surface area contributed by atoms with Crippen LogP contribution in [-0.2, 0) is 6.42 Å². The lowest BCUT2D eigenvalue weighted by molar-refractivity contribution is 0.441. The maximum Gasteiger partial charge on any atom is 0.162 e. The van der Waals surface area contributed by atoms with Crippen molar-refractivity contribution in [1.29, 1.82) is 0 Å². The Morgan fingerprint density at radius 1 is 1.26 bits per heavy atom. The zero-order valence-corrected chi connectivity index (χ0v) is 10.8. The standard InChI is InChI=1S/C14H19F2N3/c15-12-8-4-5-10(14(12)16)9-13(19-17)18-11-6-2-1-3-7-11/h4-5,8,11H,1-3,6-7,9,17H2,(H,18,19). The van der Waals surface area contributed by atoms with Crippen LogP contribution in [0.4, 0.5) is 8.78 Å². The quantitative estimate of drug-likeness (QED) is 0.383. The zero-order valence-electron chi connectivity index (χ0n) is 10.8. The third-order valence-corrected chi connectivity index (χ3v) is 3.47. The molecule has 0 amide bonds. The lowest BCUT2D eigenvalue weighted by atomic mass is 9.96. The van der Waals surface area contributed by atoms with Crippen molar-refractivity contribution in [2.45, 2.75) is 44.6 Å². The molecule has 0 spiro atoms. The van der Waals surface area contributed by atoms with Gasteiger partial charge in [-0.3, -0.25) is 4.99 Å². The predicted molar refractivity (Wildman–Crippen MR) is 71.7 cm³/mol. The minimum atomic E-state index is -0.841. The second-order valence-electron chi connectivity index (χ2n) is 4.90. The van der Waals surface area contributed by atoms with Gasteiger partial charge in [-0.1, -0.05) is 31.4 Å². The molecule has 1 aromatic rings. The van der Waals surface area contributed by atoms with Crippen LogP contribution in [0.5, 0.6) is 0 Å². The van der Waals surface area contributed by atoms with Gasteiger partial charge in [0.15, 0.2) is 11.6 Å². The summed E-state index contributed by atoms with van der Waals surface area (Å²) in [6.45, 7) is 0. The average molecular weight is 267 g/mol. The van der Waals surface area contributed by atoms with E-state index in [0.29, 0.717) is 5.84 Å². The lowest BCUT2D eigenvalue weighted by Gasteiger charge is -2.19. The van der Waals surface area contributed by atoms with Crippen molar-refractivity contribution in [3.05, 3.63) is 35.4 Å². The van der Waals surface area contributed by atoms with E-state index in [1.807, 2.05) is 0 Å². The first-order valence-corrected chi connectivity index (χ1v) is 6.67. The molecule has 0 atom stereocenters. The second kappa shape index (κ2) is 6.61. The Bertz CT molecular complexity index is 454. The Labute approximate surface area is 111 Å². The molecule has 0 bridgehead atoms. The lowest BCUT2D eigenvalue weighted by Crippen LogP contribution is -2.33. The van der Waals surface area contributed by atoms with Crippen LogP contribution in [0.3, 0.4) is 0 Å². The summed E-state index contributed by atoms with van der Waals surface area (Å²) in [5, 5.41) is 0. The van der Waals surface area contributed by atoms with Crippen LogP contribution in [0, 0.1) is 11.6 Å². The number of amidine groups is 1. The summed E-state index contributed by atoms with van der Waals surface area (Å²) in [4.78, 5) is 4.51. The molecule has 0 aromatic heterocycles. The van der Waals surface area contributed by atoms with Crippen molar-refractivity contribution in [2.75, 3.05) is 0 Å². The van der Waals surface area contributed by atoms with Crippen LogP contribution >= 0.6 is 0 Å². The van der Waals surface area contributed by atoms with E-state index in [2.05, 4.69) is 10.4 Å². The number of hydrazine groups is 1. The first-order chi connectivity index (χ1) is 9.20. The molecular formula is C14H19F2N3. The molecule has 5 heteroatoms. The molecule has 0 saturated heterocycles. The molecule has 0 unspecified atom stereocenters. The smallest absolute Gasteiger partial charge is 0.162 e. The fraction of sp³-hybridized carbons (Fsp3) is 0.500. The maximum atomic E-state index is 13.6. The third kappa shape index (κ3) is 3.73. The van der Waals surface area contributed by atoms with Crippen LogP contribution < -0.4 is 11.3 Å². The van der Waals surface area contributed by atoms with E-state index in [1.54, 1.807) is 6.07 Å². The number of hydrogen-bond acceptors (Lipinski definition) is 2. The molecule has 0 aliphatic heterocycles. The molecule has 3 N–H and O–H groups in total. The SMILES string of the molecule is NNC(Cc1cccc(F)c1F)=NC1CCCCC1. The van der Waals surface area contributed by atoms with E-state index >= 15 is 0 Å². The summed E-state index contributed by atoms with van der Waals surface area (Å²) >= 11 is 0. The molecule has 3 nitrogen and oxygen atoms in total. The number of nitrogens with zero attached hydrogens (tertiary/aromatic N) is 1. The fourth-order valence-electron chi connectivity index (χ4n) is 2.43. The highest BCUT2D eigenvalue weighted by Gasteiger charge is 2.15. The minimum absolute atomic E-state index is 0.191. The number of benzene rings is 1. The van der Waals surface area contributed by atoms with Crippen LogP contribution in [0.25, 0.3) is 0 Å². The van der Waals surface area contributed by atoms with E-state index < -0.39 is 11.6 Å². The number of nitrogens with one attached hydrogen (secondary N) is 1. The Kier molecular flexibility index (Phi) is 4.85. The van der Waals surface area contributed by atoms with E-state index in [4.69, 9.17) is 5.84 Å². The van der Waals surface area contributed by atoms with Gasteiger partial charge < -0.3 is 5.43 Å². The summed E-state index contributed by atoms with van der Waals surface area (Å²) in [5.41, 5.74) is 2.78. The van der Waals surface area contributed by atoms with Gasteiger partial charge in [-0.15, -0.1) is 0 Å². The van der Waals surface area contributed by atoms with Crippen molar-refractivity contribution in [3.8, 4) is 0 Å². The van der Waals surface area contributed by atoms with Gasteiger partial charge in [0, 0.05) is 6.42 Å². The summed E-state index contributed by atoms with van der Waals surface area (Å²) in [6, 6.07) is 4.39. The molecule has 0 radical (unpaired) electrons. The highest BCUT2D eigenvalue weighted by Crippen LogP contribution is 2.20. The highest BCUT2D eigenvalue weighted by atomic mass is 19.2. The molecular weight excluding hydrogens is 248 g/mol. The zero-order chi connectivity index (χ0) is 13.7. The van der Waals surface area contributed by atoms with Gasteiger partial charge in [0.2, 0.25) is 0 Å². The molecule has 1 aliphatic carbocycles. The van der Waals surface area contributed by atoms with Crippen LogP contribution in [0.15, 0.2) is 23.2 Å². The molecule has 2 rings (SSSR count). The highest BCUT2D eigenvalue weighted by molar-refractivity contribution is 5.84. The van der Waals surface area contributed by atoms with Crippen molar-refractivity contribution < 1.29 is 8.78 Å². The summed E-state index contributed by atoms with van der Waals surface area (Å²) in [7, 11) is 0. The molecule has 104 valence electrons. The van der Waals surface area contributed by atoms with E-state index in [9.17, 15) is 8.78 Å². The van der Waals surface area contributed by atoms with E-state index in [1.165, 1.54) is 25.3 Å². The first-order valence-electron chi connectivity index (χ1n) is 6.67. The van der Waals surface area contributed by atoms with Crippen molar-refractivity contribution in [2.24, 2.45) is 10.8 Å². The van der Waals surface area contributed by atoms with Gasteiger partial charge in [-0.25, -0.2) is 14.6 Å². The predicted octanol–water partition coefficient (Wildman–Crippen LogP) is 2.70. The van der Waals surface area contributed by atoms with Crippen molar-refractivity contribution >= 4 is 5.84 Å². The Hall–Kier alpha value is -1.49. The number of hydrogen-bond donors (Lipinski definition) is 2. The number of nitrogens with two attached hydrogens (primary N) is 1. The van der Waals surface area contributed by atoms with E-state index in [-0.39, 0.29) is 18.0 Å². The van der Waals surface area contributed by atoms with Gasteiger partial charge in [-0.05, 0) is 24.5 Å². The first kappa shape index (κ1) is 13.9. The van der Waals surface area contributed by atoms with Crippen LogP contribution in [0.1, 0.15) is 37.7 Å². The summed E-state index contributed by atoms with van der Waals surface area (Å²) in [6.07, 6.45) is 5.85. The Morgan fingerprint density at radius 2 is 2.00 bits per heavy atom. The summed E-state index contributed by atoms with van der Waals surface area (Å²) < 4.78 is 26.7. The summed E-state index contributed by atoms with van der Waals surface area (Å²) in [5.74, 6) is 4.27. The Balaban J connectivity index is 2.09. The normalized spacial score (nSPS) is 17.5. The third-order valence-electron chi connectivity index (χ3n) is 3.47. The number of halogens is 2. The molecule has 1 saturated carbocycles. The Morgan fingerprint density at radius 3 is 2.68 bits per heavy atom. The van der Waals surface area contributed by atoms with Crippen LogP contribution in [-0.4, -0.2) is 11.9 Å². The van der Waals surface area contributed by atoms with Gasteiger partial charge in [0.05, 0.1) is 6.04 Å². The van der Waals surface area contributed by atoms with Gasteiger partial charge in [0.25, 0.3) is 0 Å². The molecule has 19 heavy (non-hydrogen) atoms. The largest absolute Gasteiger partial charge is 0.312 e. The maximum absolute atomic E-state index is 13.6. The van der Waals surface area contributed by atoms with Crippen LogP contribution in [0.2, 0.25) is 0 Å². The van der Waals surface area contributed by atoms with Gasteiger partial charge in [-0.2, -0.15) is 0 Å². The number of rotatable bonds is 3.